The molecule has 0 aliphatic heterocycles. The molecule has 0 unspecified atom stereocenters. The first-order valence-electron chi connectivity index (χ1n) is 8.12. The van der Waals surface area contributed by atoms with Crippen molar-refractivity contribution in [3.05, 3.63) is 23.8 Å². The third-order valence-electron chi connectivity index (χ3n) is 4.94. The van der Waals surface area contributed by atoms with Gasteiger partial charge in [-0.3, -0.25) is 14.4 Å². The number of benzene rings is 1. The van der Waals surface area contributed by atoms with Crippen LogP contribution < -0.4 is 9.47 Å². The first-order valence-corrected chi connectivity index (χ1v) is 8.12. The van der Waals surface area contributed by atoms with Crippen LogP contribution in [0, 0.1) is 11.8 Å². The second-order valence-corrected chi connectivity index (χ2v) is 6.82. The van der Waals surface area contributed by atoms with Crippen molar-refractivity contribution in [3.63, 3.8) is 0 Å². The molecule has 1 fully saturated rings. The second-order valence-electron chi connectivity index (χ2n) is 6.82. The summed E-state index contributed by atoms with van der Waals surface area (Å²) < 4.78 is 10.5. The number of rotatable bonds is 5. The molecule has 0 heterocycles. The number of ether oxygens (including phenoxy) is 2. The van der Waals surface area contributed by atoms with Gasteiger partial charge in [0.05, 0.1) is 31.7 Å². The summed E-state index contributed by atoms with van der Waals surface area (Å²) in [4.78, 5) is 37.0. The molecule has 25 heavy (non-hydrogen) atoms. The van der Waals surface area contributed by atoms with Gasteiger partial charge in [0.1, 0.15) is 17.3 Å². The summed E-state index contributed by atoms with van der Waals surface area (Å²) in [6.07, 6.45) is -0.217. The summed E-state index contributed by atoms with van der Waals surface area (Å²) in [5.74, 6) is -2.57. The van der Waals surface area contributed by atoms with Crippen LogP contribution in [0.1, 0.15) is 38.7 Å². The van der Waals surface area contributed by atoms with E-state index < -0.39 is 23.4 Å². The van der Waals surface area contributed by atoms with E-state index in [9.17, 15) is 19.5 Å². The monoisotopic (exact) mass is 348 g/mol. The number of methoxy groups -OCH3 is 2. The fraction of sp³-hybridized carbons (Fsp3) is 0.526. The number of carbonyl (C=O) groups is 3. The van der Waals surface area contributed by atoms with Gasteiger partial charge in [-0.05, 0) is 38.5 Å². The molecule has 1 saturated carbocycles. The van der Waals surface area contributed by atoms with Crippen molar-refractivity contribution in [2.75, 3.05) is 14.2 Å². The van der Waals surface area contributed by atoms with E-state index in [2.05, 4.69) is 0 Å². The molecule has 6 heteroatoms. The van der Waals surface area contributed by atoms with Crippen LogP contribution in [0.15, 0.2) is 18.2 Å². The van der Waals surface area contributed by atoms with Gasteiger partial charge in [0.2, 0.25) is 0 Å². The normalized spacial score (nSPS) is 29.2. The maximum atomic E-state index is 12.5. The Balaban J connectivity index is 2.66. The lowest BCUT2D eigenvalue weighted by Gasteiger charge is -2.44. The van der Waals surface area contributed by atoms with E-state index in [1.54, 1.807) is 18.2 Å². The van der Waals surface area contributed by atoms with E-state index in [0.29, 0.717) is 17.1 Å². The van der Waals surface area contributed by atoms with Crippen LogP contribution in [0.25, 0.3) is 0 Å². The molecule has 0 spiro atoms. The first kappa shape index (κ1) is 19.1. The van der Waals surface area contributed by atoms with Crippen molar-refractivity contribution >= 4 is 17.3 Å². The molecular formula is C19H24O6. The number of Topliss-reactive ketones (excluding diaryl/α,β-unsaturated/α-hetero) is 3. The average molecular weight is 348 g/mol. The molecule has 1 N–H and O–H groups in total. The predicted molar refractivity (Wildman–Crippen MR) is 90.9 cm³/mol. The molecule has 0 aromatic heterocycles. The van der Waals surface area contributed by atoms with Crippen molar-refractivity contribution < 1.29 is 29.0 Å². The molecule has 0 amide bonds. The zero-order chi connectivity index (χ0) is 18.9. The molecular weight excluding hydrogens is 324 g/mol. The minimum atomic E-state index is -1.51. The van der Waals surface area contributed by atoms with Crippen molar-refractivity contribution in [3.8, 4) is 11.5 Å². The lowest BCUT2D eigenvalue weighted by molar-refractivity contribution is -0.151. The van der Waals surface area contributed by atoms with Crippen molar-refractivity contribution in [1.82, 2.24) is 0 Å². The van der Waals surface area contributed by atoms with Gasteiger partial charge >= 0.3 is 0 Å². The standard InChI is InChI=1S/C19H24O6/c1-10(20)16-13(22)9-19(3,23)18(11(2)21)17(16)12-6-7-14(24-4)15(8-12)25-5/h6-8,16-18,23H,9H2,1-5H3/t16-,17+,18+,19+/m0/s1. The summed E-state index contributed by atoms with van der Waals surface area (Å²) in [7, 11) is 2.98. The molecule has 1 aromatic carbocycles. The Morgan fingerprint density at radius 3 is 2.20 bits per heavy atom. The second kappa shape index (κ2) is 6.96. The van der Waals surface area contributed by atoms with Gasteiger partial charge in [0.25, 0.3) is 0 Å². The molecule has 0 radical (unpaired) electrons. The third kappa shape index (κ3) is 3.44. The molecule has 2 rings (SSSR count). The van der Waals surface area contributed by atoms with Gasteiger partial charge in [0.15, 0.2) is 11.5 Å². The van der Waals surface area contributed by atoms with Gasteiger partial charge in [-0.15, -0.1) is 0 Å². The first-order chi connectivity index (χ1) is 11.6. The summed E-state index contributed by atoms with van der Waals surface area (Å²) in [6.45, 7) is 4.19. The Kier molecular flexibility index (Phi) is 5.32. The topological polar surface area (TPSA) is 89.9 Å². The van der Waals surface area contributed by atoms with E-state index >= 15 is 0 Å². The molecule has 136 valence electrons. The predicted octanol–water partition coefficient (Wildman–Crippen LogP) is 1.92. The highest BCUT2D eigenvalue weighted by Gasteiger charge is 2.53. The highest BCUT2D eigenvalue weighted by molar-refractivity contribution is 6.05. The van der Waals surface area contributed by atoms with Crippen LogP contribution in [0.2, 0.25) is 0 Å². The summed E-state index contributed by atoms with van der Waals surface area (Å²) >= 11 is 0. The van der Waals surface area contributed by atoms with E-state index in [-0.39, 0.29) is 23.8 Å². The van der Waals surface area contributed by atoms with Crippen LogP contribution >= 0.6 is 0 Å². The Morgan fingerprint density at radius 1 is 1.12 bits per heavy atom. The van der Waals surface area contributed by atoms with E-state index in [0.717, 1.165) is 0 Å². The Bertz CT molecular complexity index is 706. The number of hydrogen-bond donors (Lipinski definition) is 1. The maximum absolute atomic E-state index is 12.5. The minimum absolute atomic E-state index is 0.217. The highest BCUT2D eigenvalue weighted by atomic mass is 16.5. The lowest BCUT2D eigenvalue weighted by atomic mass is 9.60. The van der Waals surface area contributed by atoms with Crippen LogP contribution in [0.4, 0.5) is 0 Å². The molecule has 1 aliphatic carbocycles. The Morgan fingerprint density at radius 2 is 1.72 bits per heavy atom. The van der Waals surface area contributed by atoms with Crippen LogP contribution in [0.5, 0.6) is 11.5 Å². The molecule has 4 atom stereocenters. The molecule has 0 bridgehead atoms. The Labute approximate surface area is 147 Å². The van der Waals surface area contributed by atoms with Crippen LogP contribution in [-0.2, 0) is 14.4 Å². The largest absolute Gasteiger partial charge is 0.493 e. The quantitative estimate of drug-likeness (QED) is 0.818. The maximum Gasteiger partial charge on any atom is 0.160 e. The van der Waals surface area contributed by atoms with Gasteiger partial charge in [-0.25, -0.2) is 0 Å². The Hall–Kier alpha value is -2.21. The number of aliphatic hydroxyl groups is 1. The van der Waals surface area contributed by atoms with Gasteiger partial charge in [-0.1, -0.05) is 6.07 Å². The summed E-state index contributed by atoms with van der Waals surface area (Å²) in [5, 5.41) is 10.7. The fourth-order valence-corrected chi connectivity index (χ4v) is 3.97. The zero-order valence-electron chi connectivity index (χ0n) is 15.2. The zero-order valence-corrected chi connectivity index (χ0v) is 15.2. The van der Waals surface area contributed by atoms with Gasteiger partial charge in [-0.2, -0.15) is 0 Å². The van der Waals surface area contributed by atoms with E-state index in [1.807, 2.05) is 0 Å². The average Bonchev–Trinajstić information content (AvgIpc) is 2.51. The molecule has 1 aromatic rings. The van der Waals surface area contributed by atoms with Crippen molar-refractivity contribution in [2.45, 2.75) is 38.7 Å². The number of ketones is 3. The number of hydrogen-bond acceptors (Lipinski definition) is 6. The van der Waals surface area contributed by atoms with Crippen molar-refractivity contribution in [1.29, 1.82) is 0 Å². The SMILES string of the molecule is COc1ccc([C@@H]2[C@@H](C(C)=O)C(=O)C[C@@](C)(O)[C@@H]2C(C)=O)cc1OC. The third-order valence-corrected chi connectivity index (χ3v) is 4.94. The molecule has 6 nitrogen and oxygen atoms in total. The van der Waals surface area contributed by atoms with E-state index in [1.165, 1.54) is 35.0 Å². The summed E-state index contributed by atoms with van der Waals surface area (Å²) in [6, 6.07) is 5.02. The van der Waals surface area contributed by atoms with Crippen LogP contribution in [-0.4, -0.2) is 42.3 Å². The van der Waals surface area contributed by atoms with Gasteiger partial charge in [0, 0.05) is 12.3 Å². The fourth-order valence-electron chi connectivity index (χ4n) is 3.97. The molecule has 1 aliphatic rings. The van der Waals surface area contributed by atoms with Crippen molar-refractivity contribution in [2.24, 2.45) is 11.8 Å². The summed E-state index contributed by atoms with van der Waals surface area (Å²) in [5.41, 5.74) is -0.918. The molecule has 0 saturated heterocycles. The lowest BCUT2D eigenvalue weighted by Crippen LogP contribution is -2.53. The number of carbonyl (C=O) groups excluding carboxylic acids is 3. The smallest absolute Gasteiger partial charge is 0.160 e. The van der Waals surface area contributed by atoms with E-state index in [4.69, 9.17) is 9.47 Å². The highest BCUT2D eigenvalue weighted by Crippen LogP contribution is 2.47. The van der Waals surface area contributed by atoms with Crippen LogP contribution in [0.3, 0.4) is 0 Å². The van der Waals surface area contributed by atoms with Gasteiger partial charge < -0.3 is 14.6 Å². The minimum Gasteiger partial charge on any atom is -0.493 e.